The Morgan fingerprint density at radius 3 is 2.80 bits per heavy atom. The number of rotatable bonds is 1. The van der Waals surface area contributed by atoms with Crippen LogP contribution in [0.1, 0.15) is 20.3 Å². The fourth-order valence-electron chi connectivity index (χ4n) is 1.00. The van der Waals surface area contributed by atoms with Crippen LogP contribution in [0.3, 0.4) is 0 Å². The maximum Gasteiger partial charge on any atom is 0.304 e. The zero-order chi connectivity index (χ0) is 7.56. The van der Waals surface area contributed by atoms with Crippen molar-refractivity contribution < 1.29 is 14.3 Å². The molecule has 0 aromatic carbocycles. The van der Waals surface area contributed by atoms with Gasteiger partial charge in [0.15, 0.2) is 0 Å². The smallest absolute Gasteiger partial charge is 0.304 e. The fraction of sp³-hybridized carbons (Fsp3) is 0.857. The molecule has 0 amide bonds. The highest BCUT2D eigenvalue weighted by atomic mass is 16.7. The van der Waals surface area contributed by atoms with Crippen LogP contribution in [0.5, 0.6) is 0 Å². The van der Waals surface area contributed by atoms with Gasteiger partial charge in [-0.1, -0.05) is 6.92 Å². The van der Waals surface area contributed by atoms with E-state index in [0.29, 0.717) is 12.5 Å². The molecule has 3 nitrogen and oxygen atoms in total. The van der Waals surface area contributed by atoms with Gasteiger partial charge in [-0.2, -0.15) is 0 Å². The maximum atomic E-state index is 10.4. The highest BCUT2D eigenvalue weighted by molar-refractivity contribution is 5.66. The van der Waals surface area contributed by atoms with Crippen molar-refractivity contribution in [3.63, 3.8) is 0 Å². The summed E-state index contributed by atoms with van der Waals surface area (Å²) >= 11 is 0. The second-order valence-electron chi connectivity index (χ2n) is 2.71. The third kappa shape index (κ3) is 1.99. The zero-order valence-corrected chi connectivity index (χ0v) is 6.29. The van der Waals surface area contributed by atoms with E-state index in [0.717, 1.165) is 6.42 Å². The van der Waals surface area contributed by atoms with E-state index >= 15 is 0 Å². The minimum Gasteiger partial charge on any atom is -0.436 e. The number of ether oxygens (including phenoxy) is 2. The SMILES string of the molecule is CC(=O)O[C@@H]1C[C@@H](C)CO1. The van der Waals surface area contributed by atoms with Crippen molar-refractivity contribution in [1.82, 2.24) is 0 Å². The van der Waals surface area contributed by atoms with Gasteiger partial charge in [0.05, 0.1) is 6.61 Å². The Labute approximate surface area is 60.3 Å². The predicted octanol–water partition coefficient (Wildman–Crippen LogP) is 0.932. The fourth-order valence-corrected chi connectivity index (χ4v) is 1.00. The lowest BCUT2D eigenvalue weighted by atomic mass is 10.1. The molecule has 1 aliphatic heterocycles. The molecule has 1 heterocycles. The first-order valence-electron chi connectivity index (χ1n) is 3.47. The largest absolute Gasteiger partial charge is 0.436 e. The van der Waals surface area contributed by atoms with Gasteiger partial charge in [-0.3, -0.25) is 4.79 Å². The normalized spacial score (nSPS) is 32.2. The number of hydrogen-bond donors (Lipinski definition) is 0. The highest BCUT2D eigenvalue weighted by Crippen LogP contribution is 2.19. The molecule has 0 aromatic rings. The van der Waals surface area contributed by atoms with Crippen LogP contribution in [0.4, 0.5) is 0 Å². The topological polar surface area (TPSA) is 35.5 Å². The third-order valence-electron chi connectivity index (χ3n) is 1.46. The van der Waals surface area contributed by atoms with Crippen LogP contribution in [0.15, 0.2) is 0 Å². The van der Waals surface area contributed by atoms with Crippen LogP contribution >= 0.6 is 0 Å². The van der Waals surface area contributed by atoms with Gasteiger partial charge in [0, 0.05) is 13.3 Å². The Kier molecular flexibility index (Phi) is 2.27. The summed E-state index contributed by atoms with van der Waals surface area (Å²) < 4.78 is 9.95. The van der Waals surface area contributed by atoms with E-state index < -0.39 is 0 Å². The zero-order valence-electron chi connectivity index (χ0n) is 6.29. The molecule has 1 aliphatic rings. The molecule has 0 aliphatic carbocycles. The van der Waals surface area contributed by atoms with E-state index in [1.54, 1.807) is 0 Å². The van der Waals surface area contributed by atoms with Crippen molar-refractivity contribution in [2.45, 2.75) is 26.6 Å². The third-order valence-corrected chi connectivity index (χ3v) is 1.46. The van der Waals surface area contributed by atoms with Crippen molar-refractivity contribution in [2.75, 3.05) is 6.61 Å². The van der Waals surface area contributed by atoms with Gasteiger partial charge in [-0.25, -0.2) is 0 Å². The van der Waals surface area contributed by atoms with Crippen LogP contribution < -0.4 is 0 Å². The summed E-state index contributed by atoms with van der Waals surface area (Å²) in [5.41, 5.74) is 0. The van der Waals surface area contributed by atoms with Crippen molar-refractivity contribution >= 4 is 5.97 Å². The second kappa shape index (κ2) is 3.01. The Morgan fingerprint density at radius 1 is 1.70 bits per heavy atom. The summed E-state index contributed by atoms with van der Waals surface area (Å²) in [4.78, 5) is 10.4. The number of hydrogen-bond acceptors (Lipinski definition) is 3. The van der Waals surface area contributed by atoms with Crippen LogP contribution in [-0.4, -0.2) is 18.9 Å². The minimum absolute atomic E-state index is 0.265. The molecule has 1 fully saturated rings. The minimum atomic E-state index is -0.285. The number of carbonyl (C=O) groups excluding carboxylic acids is 1. The lowest BCUT2D eigenvalue weighted by Gasteiger charge is -2.07. The van der Waals surface area contributed by atoms with Crippen LogP contribution in [0.25, 0.3) is 0 Å². The molecule has 3 heteroatoms. The molecule has 1 rings (SSSR count). The van der Waals surface area contributed by atoms with Crippen molar-refractivity contribution in [1.29, 1.82) is 0 Å². The van der Waals surface area contributed by atoms with E-state index in [9.17, 15) is 4.79 Å². The molecule has 0 bridgehead atoms. The number of esters is 1. The van der Waals surface area contributed by atoms with Gasteiger partial charge in [0.1, 0.15) is 0 Å². The lowest BCUT2D eigenvalue weighted by molar-refractivity contribution is -0.166. The molecule has 1 saturated heterocycles. The first kappa shape index (κ1) is 7.54. The molecule has 0 unspecified atom stereocenters. The molecule has 58 valence electrons. The van der Waals surface area contributed by atoms with Crippen molar-refractivity contribution in [3.05, 3.63) is 0 Å². The van der Waals surface area contributed by atoms with Crippen molar-refractivity contribution in [2.24, 2.45) is 5.92 Å². The molecular formula is C7H12O3. The molecule has 0 N–H and O–H groups in total. The van der Waals surface area contributed by atoms with E-state index in [-0.39, 0.29) is 12.3 Å². The van der Waals surface area contributed by atoms with E-state index in [4.69, 9.17) is 9.47 Å². The maximum absolute atomic E-state index is 10.4. The molecule has 0 radical (unpaired) electrons. The highest BCUT2D eigenvalue weighted by Gasteiger charge is 2.23. The Balaban J connectivity index is 2.24. The van der Waals surface area contributed by atoms with Crippen LogP contribution in [-0.2, 0) is 14.3 Å². The Morgan fingerprint density at radius 2 is 2.40 bits per heavy atom. The predicted molar refractivity (Wildman–Crippen MR) is 35.3 cm³/mol. The van der Waals surface area contributed by atoms with Crippen LogP contribution in [0.2, 0.25) is 0 Å². The summed E-state index contributed by atoms with van der Waals surface area (Å²) in [5.74, 6) is 0.253. The summed E-state index contributed by atoms with van der Waals surface area (Å²) in [6.07, 6.45) is 0.548. The Hall–Kier alpha value is -0.570. The first-order chi connectivity index (χ1) is 4.68. The van der Waals surface area contributed by atoms with Gasteiger partial charge in [-0.15, -0.1) is 0 Å². The van der Waals surface area contributed by atoms with Gasteiger partial charge >= 0.3 is 5.97 Å². The molecule has 0 spiro atoms. The van der Waals surface area contributed by atoms with Crippen LogP contribution in [0, 0.1) is 5.92 Å². The quantitative estimate of drug-likeness (QED) is 0.513. The average Bonchev–Trinajstić information content (AvgIpc) is 2.13. The monoisotopic (exact) mass is 144 g/mol. The summed E-state index contributed by atoms with van der Waals surface area (Å²) in [5, 5.41) is 0. The van der Waals surface area contributed by atoms with E-state index in [1.807, 2.05) is 0 Å². The summed E-state index contributed by atoms with van der Waals surface area (Å²) in [7, 11) is 0. The van der Waals surface area contributed by atoms with Crippen molar-refractivity contribution in [3.8, 4) is 0 Å². The van der Waals surface area contributed by atoms with E-state index in [1.165, 1.54) is 6.92 Å². The van der Waals surface area contributed by atoms with E-state index in [2.05, 4.69) is 6.92 Å². The van der Waals surface area contributed by atoms with Gasteiger partial charge in [0.2, 0.25) is 6.29 Å². The van der Waals surface area contributed by atoms with Gasteiger partial charge in [0.25, 0.3) is 0 Å². The van der Waals surface area contributed by atoms with Gasteiger partial charge in [-0.05, 0) is 5.92 Å². The lowest BCUT2D eigenvalue weighted by Crippen LogP contribution is -2.13. The average molecular weight is 144 g/mol. The molecular weight excluding hydrogens is 132 g/mol. The van der Waals surface area contributed by atoms with Gasteiger partial charge < -0.3 is 9.47 Å². The first-order valence-corrected chi connectivity index (χ1v) is 3.47. The molecule has 0 aromatic heterocycles. The standard InChI is InChI=1S/C7H12O3/c1-5-3-7(9-4-5)10-6(2)8/h5,7H,3-4H2,1-2H3/t5-,7-/m1/s1. The molecule has 10 heavy (non-hydrogen) atoms. The number of carbonyl (C=O) groups is 1. The molecule has 2 atom stereocenters. The summed E-state index contributed by atoms with van der Waals surface area (Å²) in [6, 6.07) is 0. The Bertz CT molecular complexity index is 133. The summed E-state index contributed by atoms with van der Waals surface area (Å²) in [6.45, 7) is 4.17. The second-order valence-corrected chi connectivity index (χ2v) is 2.71. The molecule has 0 saturated carbocycles.